The Morgan fingerprint density at radius 1 is 1.19 bits per heavy atom. The number of carbonyl (C=O) groups is 2. The molecule has 0 aliphatic carbocycles. The molecule has 0 atom stereocenters. The molecule has 0 bridgehead atoms. The van der Waals surface area contributed by atoms with Crippen LogP contribution in [0.3, 0.4) is 0 Å². The minimum atomic E-state index is -0.434. The maximum Gasteiger partial charge on any atom is 0.230 e. The zero-order valence-electron chi connectivity index (χ0n) is 13.8. The second kappa shape index (κ2) is 8.39. The molecule has 0 aliphatic rings. The van der Waals surface area contributed by atoms with Gasteiger partial charge >= 0.3 is 0 Å². The van der Waals surface area contributed by atoms with Gasteiger partial charge in [-0.15, -0.1) is 10.2 Å². The Morgan fingerprint density at radius 3 is 2.69 bits per heavy atom. The van der Waals surface area contributed by atoms with E-state index in [1.165, 1.54) is 18.0 Å². The molecule has 0 unspecified atom stereocenters. The number of nitrogens with one attached hydrogen (secondary N) is 1. The summed E-state index contributed by atoms with van der Waals surface area (Å²) in [5, 5.41) is 11.5. The van der Waals surface area contributed by atoms with E-state index in [0.717, 1.165) is 0 Å². The third kappa shape index (κ3) is 4.54. The Morgan fingerprint density at radius 2 is 2.00 bits per heavy atom. The summed E-state index contributed by atoms with van der Waals surface area (Å²) in [6, 6.07) is 7.02. The lowest BCUT2D eigenvalue weighted by Gasteiger charge is -2.08. The van der Waals surface area contributed by atoms with Crippen LogP contribution < -0.4 is 11.1 Å². The fourth-order valence-electron chi connectivity index (χ4n) is 2.19. The van der Waals surface area contributed by atoms with Crippen molar-refractivity contribution in [2.75, 3.05) is 5.75 Å². The van der Waals surface area contributed by atoms with Gasteiger partial charge in [-0.3, -0.25) is 14.2 Å². The standard InChI is InChI=1S/C16H17N5O4S/c17-13(22)5-6-21-15(12-4-2-8-25-12)19-20-16(21)26-10-14(23)18-9-11-3-1-7-24-11/h1-4,7-8H,5-6,9-10H2,(H2,17,22)(H,18,23). The molecule has 0 saturated carbocycles. The van der Waals surface area contributed by atoms with Gasteiger partial charge in [0.05, 0.1) is 24.8 Å². The molecule has 26 heavy (non-hydrogen) atoms. The average molecular weight is 375 g/mol. The van der Waals surface area contributed by atoms with Crippen molar-refractivity contribution in [2.24, 2.45) is 5.73 Å². The smallest absolute Gasteiger partial charge is 0.230 e. The van der Waals surface area contributed by atoms with Crippen LogP contribution in [0.4, 0.5) is 0 Å². The monoisotopic (exact) mass is 375 g/mol. The first kappa shape index (κ1) is 17.8. The highest BCUT2D eigenvalue weighted by molar-refractivity contribution is 7.99. The predicted molar refractivity (Wildman–Crippen MR) is 92.8 cm³/mol. The summed E-state index contributed by atoms with van der Waals surface area (Å²) in [6.07, 6.45) is 3.20. The van der Waals surface area contributed by atoms with Gasteiger partial charge in [-0.25, -0.2) is 0 Å². The van der Waals surface area contributed by atoms with E-state index in [2.05, 4.69) is 15.5 Å². The molecule has 0 aliphatic heterocycles. The lowest BCUT2D eigenvalue weighted by molar-refractivity contribution is -0.119. The van der Waals surface area contributed by atoms with Crippen LogP contribution in [0.25, 0.3) is 11.6 Å². The number of rotatable bonds is 9. The highest BCUT2D eigenvalue weighted by atomic mass is 32.2. The van der Waals surface area contributed by atoms with Gasteiger partial charge in [-0.1, -0.05) is 11.8 Å². The Balaban J connectivity index is 1.64. The number of thioether (sulfide) groups is 1. The average Bonchev–Trinajstić information content (AvgIpc) is 3.37. The molecular formula is C16H17N5O4S. The number of primary amides is 1. The number of amides is 2. The third-order valence-electron chi connectivity index (χ3n) is 3.41. The van der Waals surface area contributed by atoms with Crippen molar-refractivity contribution in [1.29, 1.82) is 0 Å². The van der Waals surface area contributed by atoms with Crippen LogP contribution >= 0.6 is 11.8 Å². The van der Waals surface area contributed by atoms with E-state index < -0.39 is 5.91 Å². The van der Waals surface area contributed by atoms with E-state index in [0.29, 0.717) is 35.6 Å². The number of hydrogen-bond donors (Lipinski definition) is 2. The second-order valence-electron chi connectivity index (χ2n) is 5.30. The Labute approximate surface area is 152 Å². The lowest BCUT2D eigenvalue weighted by Crippen LogP contribution is -2.24. The fraction of sp³-hybridized carbons (Fsp3) is 0.250. The number of aromatic nitrogens is 3. The minimum Gasteiger partial charge on any atom is -0.467 e. The molecule has 10 heteroatoms. The van der Waals surface area contributed by atoms with E-state index in [1.807, 2.05) is 0 Å². The first-order valence-electron chi connectivity index (χ1n) is 7.80. The highest BCUT2D eigenvalue weighted by Gasteiger charge is 2.17. The molecule has 0 saturated heterocycles. The summed E-state index contributed by atoms with van der Waals surface area (Å²) in [5.41, 5.74) is 5.24. The molecule has 3 heterocycles. The Bertz CT molecular complexity index is 857. The van der Waals surface area contributed by atoms with E-state index in [1.54, 1.807) is 35.1 Å². The number of carbonyl (C=O) groups excluding carboxylic acids is 2. The Kier molecular flexibility index (Phi) is 5.74. The first-order chi connectivity index (χ1) is 12.6. The summed E-state index contributed by atoms with van der Waals surface area (Å²) in [4.78, 5) is 23.1. The Hall–Kier alpha value is -3.01. The van der Waals surface area contributed by atoms with E-state index in [4.69, 9.17) is 14.6 Å². The molecule has 0 aromatic carbocycles. The molecule has 9 nitrogen and oxygen atoms in total. The molecule has 3 rings (SSSR count). The molecule has 3 N–H and O–H groups in total. The predicted octanol–water partition coefficient (Wildman–Crippen LogP) is 1.41. The summed E-state index contributed by atoms with van der Waals surface area (Å²) >= 11 is 1.22. The maximum absolute atomic E-state index is 12.0. The fourth-order valence-corrected chi connectivity index (χ4v) is 2.98. The summed E-state index contributed by atoms with van der Waals surface area (Å²) in [7, 11) is 0. The number of nitrogens with two attached hydrogens (primary N) is 1. The largest absolute Gasteiger partial charge is 0.467 e. The van der Waals surface area contributed by atoms with Gasteiger partial charge in [0.2, 0.25) is 11.8 Å². The van der Waals surface area contributed by atoms with Crippen molar-refractivity contribution in [3.63, 3.8) is 0 Å². The number of furan rings is 2. The highest BCUT2D eigenvalue weighted by Crippen LogP contribution is 2.24. The normalized spacial score (nSPS) is 10.8. The second-order valence-corrected chi connectivity index (χ2v) is 6.24. The molecule has 0 fully saturated rings. The van der Waals surface area contributed by atoms with E-state index in [9.17, 15) is 9.59 Å². The molecule has 3 aromatic rings. The van der Waals surface area contributed by atoms with Gasteiger partial charge in [0.1, 0.15) is 5.76 Å². The zero-order chi connectivity index (χ0) is 18.4. The van der Waals surface area contributed by atoms with Crippen molar-refractivity contribution in [3.05, 3.63) is 42.6 Å². The van der Waals surface area contributed by atoms with Crippen LogP contribution in [-0.4, -0.2) is 32.3 Å². The summed E-state index contributed by atoms with van der Waals surface area (Å²) < 4.78 is 12.2. The van der Waals surface area contributed by atoms with Gasteiger partial charge < -0.3 is 19.9 Å². The molecule has 3 aromatic heterocycles. The van der Waals surface area contributed by atoms with Crippen LogP contribution in [0.2, 0.25) is 0 Å². The summed E-state index contributed by atoms with van der Waals surface area (Å²) in [5.74, 6) is 1.22. The summed E-state index contributed by atoms with van der Waals surface area (Å²) in [6.45, 7) is 0.618. The quantitative estimate of drug-likeness (QED) is 0.541. The number of hydrogen-bond acceptors (Lipinski definition) is 7. The van der Waals surface area contributed by atoms with Crippen molar-refractivity contribution >= 4 is 23.6 Å². The van der Waals surface area contributed by atoms with Crippen molar-refractivity contribution in [1.82, 2.24) is 20.1 Å². The van der Waals surface area contributed by atoms with Crippen LogP contribution in [0, 0.1) is 0 Å². The van der Waals surface area contributed by atoms with E-state index >= 15 is 0 Å². The van der Waals surface area contributed by atoms with Gasteiger partial charge in [-0.2, -0.15) is 0 Å². The van der Waals surface area contributed by atoms with Gasteiger partial charge in [0.15, 0.2) is 16.7 Å². The zero-order valence-corrected chi connectivity index (χ0v) is 14.6. The van der Waals surface area contributed by atoms with E-state index in [-0.39, 0.29) is 18.1 Å². The molecule has 2 amide bonds. The van der Waals surface area contributed by atoms with Gasteiger partial charge in [0, 0.05) is 13.0 Å². The van der Waals surface area contributed by atoms with Gasteiger partial charge in [0.25, 0.3) is 0 Å². The van der Waals surface area contributed by atoms with Crippen LogP contribution in [0.1, 0.15) is 12.2 Å². The van der Waals surface area contributed by atoms with Crippen LogP contribution in [0.5, 0.6) is 0 Å². The topological polar surface area (TPSA) is 129 Å². The minimum absolute atomic E-state index is 0.129. The SMILES string of the molecule is NC(=O)CCn1c(SCC(=O)NCc2ccco2)nnc1-c1ccco1. The van der Waals surface area contributed by atoms with Gasteiger partial charge in [-0.05, 0) is 24.3 Å². The first-order valence-corrected chi connectivity index (χ1v) is 8.79. The maximum atomic E-state index is 12.0. The lowest BCUT2D eigenvalue weighted by atomic mass is 10.3. The van der Waals surface area contributed by atoms with Crippen LogP contribution in [-0.2, 0) is 22.7 Å². The molecular weight excluding hydrogens is 358 g/mol. The van der Waals surface area contributed by atoms with Crippen molar-refractivity contribution < 1.29 is 18.4 Å². The molecule has 0 radical (unpaired) electrons. The molecule has 0 spiro atoms. The molecule has 136 valence electrons. The number of nitrogens with zero attached hydrogens (tertiary/aromatic N) is 3. The van der Waals surface area contributed by atoms with Crippen LogP contribution in [0.15, 0.2) is 50.8 Å². The van der Waals surface area contributed by atoms with Crippen molar-refractivity contribution in [3.8, 4) is 11.6 Å². The third-order valence-corrected chi connectivity index (χ3v) is 4.38. The van der Waals surface area contributed by atoms with Crippen molar-refractivity contribution in [2.45, 2.75) is 24.7 Å².